The number of hydrogen-bond donors (Lipinski definition) is 2. The largest absolute Gasteiger partial charge is 0.372 e. The summed E-state index contributed by atoms with van der Waals surface area (Å²) in [5.41, 5.74) is 4.00. The van der Waals surface area contributed by atoms with Crippen LogP contribution in [0.1, 0.15) is 48.1 Å². The number of rotatable bonds is 5. The van der Waals surface area contributed by atoms with E-state index < -0.39 is 0 Å². The molecule has 2 aromatic carbocycles. The highest BCUT2D eigenvalue weighted by Crippen LogP contribution is 2.22. The Labute approximate surface area is 179 Å². The van der Waals surface area contributed by atoms with E-state index in [0.29, 0.717) is 10.7 Å². The van der Waals surface area contributed by atoms with Gasteiger partial charge in [-0.3, -0.25) is 4.79 Å². The van der Waals surface area contributed by atoms with E-state index in [1.165, 1.54) is 30.5 Å². The molecule has 1 unspecified atom stereocenters. The number of hydrogen-bond acceptors (Lipinski definition) is 3. The van der Waals surface area contributed by atoms with Gasteiger partial charge in [-0.15, -0.1) is 0 Å². The van der Waals surface area contributed by atoms with Crippen LogP contribution in [0.5, 0.6) is 0 Å². The number of amides is 1. The molecule has 1 fully saturated rings. The second-order valence-corrected chi connectivity index (χ2v) is 8.14. The maximum Gasteiger partial charge on any atom is 0.253 e. The van der Waals surface area contributed by atoms with E-state index in [1.54, 1.807) is 31.1 Å². The Morgan fingerprint density at radius 2 is 1.62 bits per heavy atom. The fourth-order valence-electron chi connectivity index (χ4n) is 3.53. The summed E-state index contributed by atoms with van der Waals surface area (Å²) < 4.78 is 0. The van der Waals surface area contributed by atoms with Crippen molar-refractivity contribution in [1.29, 1.82) is 0 Å². The van der Waals surface area contributed by atoms with E-state index >= 15 is 0 Å². The maximum atomic E-state index is 12.0. The quantitative estimate of drug-likeness (QED) is 0.714. The lowest BCUT2D eigenvalue weighted by atomic mass is 10.1. The molecule has 0 radical (unpaired) electrons. The van der Waals surface area contributed by atoms with Crippen molar-refractivity contribution in [3.63, 3.8) is 0 Å². The molecule has 3 rings (SSSR count). The summed E-state index contributed by atoms with van der Waals surface area (Å²) >= 11 is 5.46. The lowest BCUT2D eigenvalue weighted by Crippen LogP contribution is -2.31. The van der Waals surface area contributed by atoms with Gasteiger partial charge in [0, 0.05) is 44.1 Å². The number of carbonyl (C=O) groups is 1. The number of nitrogens with one attached hydrogen (secondary N) is 2. The third-order valence-corrected chi connectivity index (χ3v) is 5.48. The van der Waals surface area contributed by atoms with E-state index in [1.807, 2.05) is 12.1 Å². The number of benzene rings is 2. The molecule has 0 spiro atoms. The summed E-state index contributed by atoms with van der Waals surface area (Å²) in [6.07, 6.45) is 3.91. The first-order valence-electron chi connectivity index (χ1n) is 10.2. The number of nitrogens with zero attached hydrogens (tertiary/aromatic N) is 2. The van der Waals surface area contributed by atoms with Gasteiger partial charge in [-0.05, 0) is 80.4 Å². The summed E-state index contributed by atoms with van der Waals surface area (Å²) in [5, 5.41) is 7.08. The van der Waals surface area contributed by atoms with E-state index in [2.05, 4.69) is 46.7 Å². The Morgan fingerprint density at radius 3 is 2.21 bits per heavy atom. The molecule has 1 aliphatic heterocycles. The Hall–Kier alpha value is -2.60. The molecule has 5 nitrogen and oxygen atoms in total. The van der Waals surface area contributed by atoms with Crippen LogP contribution in [0.3, 0.4) is 0 Å². The fraction of sp³-hybridized carbons (Fsp3) is 0.391. The molecule has 1 amide bonds. The van der Waals surface area contributed by atoms with E-state index in [4.69, 9.17) is 12.2 Å². The Morgan fingerprint density at radius 1 is 1.00 bits per heavy atom. The van der Waals surface area contributed by atoms with Crippen LogP contribution in [0.2, 0.25) is 0 Å². The molecule has 2 aromatic rings. The zero-order chi connectivity index (χ0) is 20.8. The van der Waals surface area contributed by atoms with Gasteiger partial charge in [0.05, 0.1) is 6.04 Å². The molecule has 29 heavy (non-hydrogen) atoms. The Bertz CT molecular complexity index is 827. The highest BCUT2D eigenvalue weighted by Gasteiger charge is 2.13. The molecule has 1 heterocycles. The maximum absolute atomic E-state index is 12.0. The average Bonchev–Trinajstić information content (AvgIpc) is 2.74. The molecular formula is C23H30N4OS. The van der Waals surface area contributed by atoms with Crippen LogP contribution in [0, 0.1) is 0 Å². The predicted molar refractivity (Wildman–Crippen MR) is 125 cm³/mol. The summed E-state index contributed by atoms with van der Waals surface area (Å²) in [6.45, 7) is 4.41. The van der Waals surface area contributed by atoms with Crippen LogP contribution in [0.25, 0.3) is 0 Å². The van der Waals surface area contributed by atoms with Crippen molar-refractivity contribution in [2.75, 3.05) is 37.4 Å². The van der Waals surface area contributed by atoms with Crippen LogP contribution in [-0.2, 0) is 0 Å². The Kier molecular flexibility index (Phi) is 7.09. The number of thiocarbonyl (C=S) groups is 1. The van der Waals surface area contributed by atoms with Gasteiger partial charge in [0.15, 0.2) is 5.11 Å². The lowest BCUT2D eigenvalue weighted by Gasteiger charge is -2.29. The minimum absolute atomic E-state index is 0.0149. The average molecular weight is 411 g/mol. The van der Waals surface area contributed by atoms with Crippen molar-refractivity contribution in [2.45, 2.75) is 32.2 Å². The van der Waals surface area contributed by atoms with Gasteiger partial charge in [-0.1, -0.05) is 12.1 Å². The molecule has 6 heteroatoms. The molecule has 0 aliphatic carbocycles. The first-order valence-corrected chi connectivity index (χ1v) is 10.6. The molecule has 1 atom stereocenters. The molecule has 154 valence electrons. The third-order valence-electron chi connectivity index (χ3n) is 5.26. The van der Waals surface area contributed by atoms with Crippen molar-refractivity contribution in [3.05, 3.63) is 59.7 Å². The second kappa shape index (κ2) is 9.74. The van der Waals surface area contributed by atoms with Gasteiger partial charge in [-0.2, -0.15) is 0 Å². The zero-order valence-corrected chi connectivity index (χ0v) is 18.3. The predicted octanol–water partition coefficient (Wildman–Crippen LogP) is 4.43. The second-order valence-electron chi connectivity index (χ2n) is 7.74. The van der Waals surface area contributed by atoms with Gasteiger partial charge in [0.25, 0.3) is 5.91 Å². The minimum atomic E-state index is -0.0149. The minimum Gasteiger partial charge on any atom is -0.372 e. The topological polar surface area (TPSA) is 47.6 Å². The van der Waals surface area contributed by atoms with Crippen LogP contribution in [0.4, 0.5) is 11.4 Å². The number of carbonyl (C=O) groups excluding carboxylic acids is 1. The molecular weight excluding hydrogens is 380 g/mol. The van der Waals surface area contributed by atoms with Crippen LogP contribution < -0.4 is 15.5 Å². The summed E-state index contributed by atoms with van der Waals surface area (Å²) in [5.74, 6) is -0.0149. The molecule has 1 saturated heterocycles. The standard InChI is InChI=1S/C23H30N4OS/c1-17(18-9-13-21(14-10-18)27-15-5-4-6-16-27)24-23(29)25-20-11-7-19(8-12-20)22(28)26(2)3/h7-14,17H,4-6,15-16H2,1-3H3,(H2,24,25,29). The molecule has 1 aliphatic rings. The highest BCUT2D eigenvalue weighted by atomic mass is 32.1. The van der Waals surface area contributed by atoms with E-state index in [9.17, 15) is 4.79 Å². The van der Waals surface area contributed by atoms with Crippen LogP contribution >= 0.6 is 12.2 Å². The summed E-state index contributed by atoms with van der Waals surface area (Å²) in [4.78, 5) is 16.0. The lowest BCUT2D eigenvalue weighted by molar-refractivity contribution is 0.0827. The monoisotopic (exact) mass is 410 g/mol. The van der Waals surface area contributed by atoms with Gasteiger partial charge in [-0.25, -0.2) is 0 Å². The first kappa shape index (κ1) is 21.1. The van der Waals surface area contributed by atoms with E-state index in [0.717, 1.165) is 18.8 Å². The van der Waals surface area contributed by atoms with E-state index in [-0.39, 0.29) is 11.9 Å². The normalized spacial score (nSPS) is 14.8. The molecule has 0 saturated carbocycles. The van der Waals surface area contributed by atoms with Crippen LogP contribution in [0.15, 0.2) is 48.5 Å². The fourth-order valence-corrected chi connectivity index (χ4v) is 3.82. The molecule has 2 N–H and O–H groups in total. The summed E-state index contributed by atoms with van der Waals surface area (Å²) in [7, 11) is 3.49. The summed E-state index contributed by atoms with van der Waals surface area (Å²) in [6, 6.07) is 16.2. The van der Waals surface area contributed by atoms with Crippen molar-refractivity contribution < 1.29 is 4.79 Å². The highest BCUT2D eigenvalue weighted by molar-refractivity contribution is 7.80. The van der Waals surface area contributed by atoms with Gasteiger partial charge in [0.1, 0.15) is 0 Å². The Balaban J connectivity index is 1.54. The van der Waals surface area contributed by atoms with Crippen molar-refractivity contribution >= 4 is 34.6 Å². The van der Waals surface area contributed by atoms with Gasteiger partial charge in [0.2, 0.25) is 0 Å². The van der Waals surface area contributed by atoms with Gasteiger partial charge >= 0.3 is 0 Å². The molecule has 0 aromatic heterocycles. The first-order chi connectivity index (χ1) is 13.9. The SMILES string of the molecule is CC(NC(=S)Nc1ccc(C(=O)N(C)C)cc1)c1ccc(N2CCCCC2)cc1. The zero-order valence-electron chi connectivity index (χ0n) is 17.4. The van der Waals surface area contributed by atoms with Crippen molar-refractivity contribution in [2.24, 2.45) is 0 Å². The van der Waals surface area contributed by atoms with Crippen molar-refractivity contribution in [3.8, 4) is 0 Å². The molecule has 0 bridgehead atoms. The van der Waals surface area contributed by atoms with Crippen molar-refractivity contribution in [1.82, 2.24) is 10.2 Å². The number of anilines is 2. The van der Waals surface area contributed by atoms with Gasteiger partial charge < -0.3 is 20.4 Å². The smallest absolute Gasteiger partial charge is 0.253 e. The van der Waals surface area contributed by atoms with Crippen LogP contribution in [-0.4, -0.2) is 43.1 Å². The number of piperidine rings is 1. The third kappa shape index (κ3) is 5.70.